The second-order valence-corrected chi connectivity index (χ2v) is 5.47. The van der Waals surface area contributed by atoms with Gasteiger partial charge in [0.1, 0.15) is 11.7 Å². The van der Waals surface area contributed by atoms with Crippen LogP contribution in [-0.2, 0) is 4.79 Å². The Kier molecular flexibility index (Phi) is 5.58. The lowest BCUT2D eigenvalue weighted by Crippen LogP contribution is -2.22. The maximum atomic E-state index is 12.1. The maximum Gasteiger partial charge on any atom is 0.241 e. The molecule has 0 aliphatic rings. The SMILES string of the molecule is CCC(C#N)C(=O)Nc1c(C)c(Br)c(C)c(C)c1OC. The first kappa shape index (κ1) is 16.5. The summed E-state index contributed by atoms with van der Waals surface area (Å²) in [5.41, 5.74) is 3.56. The Morgan fingerprint density at radius 1 is 1.35 bits per heavy atom. The average Bonchev–Trinajstić information content (AvgIpc) is 2.44. The van der Waals surface area contributed by atoms with Crippen molar-refractivity contribution in [3.63, 3.8) is 0 Å². The van der Waals surface area contributed by atoms with Crippen LogP contribution >= 0.6 is 15.9 Å². The second-order valence-electron chi connectivity index (χ2n) is 4.68. The van der Waals surface area contributed by atoms with Gasteiger partial charge in [-0.2, -0.15) is 5.26 Å². The van der Waals surface area contributed by atoms with Crippen LogP contribution < -0.4 is 10.1 Å². The zero-order chi connectivity index (χ0) is 15.4. The molecule has 108 valence electrons. The number of nitriles is 1. The van der Waals surface area contributed by atoms with E-state index in [-0.39, 0.29) is 5.91 Å². The minimum Gasteiger partial charge on any atom is -0.494 e. The summed E-state index contributed by atoms with van der Waals surface area (Å²) in [4.78, 5) is 12.1. The van der Waals surface area contributed by atoms with Crippen LogP contribution in [0.15, 0.2) is 4.47 Å². The van der Waals surface area contributed by atoms with Crippen LogP contribution in [0.1, 0.15) is 30.0 Å². The van der Waals surface area contributed by atoms with E-state index in [1.165, 1.54) is 0 Å². The lowest BCUT2D eigenvalue weighted by molar-refractivity contribution is -0.118. The predicted octanol–water partition coefficient (Wildman–Crippen LogP) is 3.87. The molecular weight excluding hydrogens is 320 g/mol. The molecule has 0 aliphatic heterocycles. The van der Waals surface area contributed by atoms with Gasteiger partial charge < -0.3 is 10.1 Å². The lowest BCUT2D eigenvalue weighted by atomic mass is 10.0. The van der Waals surface area contributed by atoms with E-state index in [1.807, 2.05) is 33.8 Å². The van der Waals surface area contributed by atoms with Crippen molar-refractivity contribution >= 4 is 27.5 Å². The number of rotatable bonds is 4. The number of ether oxygens (including phenoxy) is 1. The molecule has 1 aromatic carbocycles. The van der Waals surface area contributed by atoms with Gasteiger partial charge in [-0.05, 0) is 43.9 Å². The van der Waals surface area contributed by atoms with Gasteiger partial charge in [-0.3, -0.25) is 4.79 Å². The van der Waals surface area contributed by atoms with Crippen LogP contribution in [-0.4, -0.2) is 13.0 Å². The summed E-state index contributed by atoms with van der Waals surface area (Å²) in [5.74, 6) is -0.310. The van der Waals surface area contributed by atoms with Crippen LogP contribution in [0.4, 0.5) is 5.69 Å². The van der Waals surface area contributed by atoms with E-state index in [1.54, 1.807) is 7.11 Å². The number of benzene rings is 1. The fourth-order valence-corrected chi connectivity index (χ4v) is 2.53. The van der Waals surface area contributed by atoms with E-state index in [0.717, 1.165) is 21.2 Å². The van der Waals surface area contributed by atoms with Crippen LogP contribution in [0.2, 0.25) is 0 Å². The molecule has 0 spiro atoms. The summed E-state index contributed by atoms with van der Waals surface area (Å²) < 4.78 is 6.36. The van der Waals surface area contributed by atoms with Gasteiger partial charge in [-0.25, -0.2) is 0 Å². The number of methoxy groups -OCH3 is 1. The van der Waals surface area contributed by atoms with Crippen molar-refractivity contribution in [2.75, 3.05) is 12.4 Å². The number of amides is 1. The number of nitrogens with one attached hydrogen (secondary N) is 1. The van der Waals surface area contributed by atoms with Gasteiger partial charge in [0.05, 0.1) is 18.9 Å². The van der Waals surface area contributed by atoms with Gasteiger partial charge >= 0.3 is 0 Å². The van der Waals surface area contributed by atoms with E-state index in [2.05, 4.69) is 21.2 Å². The van der Waals surface area contributed by atoms with Crippen LogP contribution in [0, 0.1) is 38.0 Å². The third kappa shape index (κ3) is 2.96. The smallest absolute Gasteiger partial charge is 0.241 e. The summed E-state index contributed by atoms with van der Waals surface area (Å²) in [6, 6.07) is 2.00. The van der Waals surface area contributed by atoms with Crippen LogP contribution in [0.3, 0.4) is 0 Å². The van der Waals surface area contributed by atoms with E-state index in [9.17, 15) is 4.79 Å². The summed E-state index contributed by atoms with van der Waals surface area (Å²) in [7, 11) is 1.58. The Morgan fingerprint density at radius 2 is 1.95 bits per heavy atom. The molecule has 5 heteroatoms. The molecular formula is C15H19BrN2O2. The van der Waals surface area contributed by atoms with Crippen molar-refractivity contribution in [1.82, 2.24) is 0 Å². The first-order valence-corrected chi connectivity index (χ1v) is 7.21. The summed E-state index contributed by atoms with van der Waals surface area (Å²) >= 11 is 3.53. The standard InChI is InChI=1S/C15H19BrN2O2/c1-6-11(7-17)15(19)18-13-10(4)12(16)8(2)9(3)14(13)20-5/h11H,6H2,1-5H3,(H,18,19). The molecule has 4 nitrogen and oxygen atoms in total. The molecule has 1 unspecified atom stereocenters. The molecule has 1 N–H and O–H groups in total. The topological polar surface area (TPSA) is 62.1 Å². The highest BCUT2D eigenvalue weighted by atomic mass is 79.9. The molecule has 1 amide bonds. The first-order chi connectivity index (χ1) is 9.38. The van der Waals surface area contributed by atoms with Gasteiger partial charge in [-0.1, -0.05) is 22.9 Å². The van der Waals surface area contributed by atoms with E-state index in [0.29, 0.717) is 17.9 Å². The predicted molar refractivity (Wildman–Crippen MR) is 82.9 cm³/mol. The highest BCUT2D eigenvalue weighted by Gasteiger charge is 2.22. The van der Waals surface area contributed by atoms with Gasteiger partial charge in [0.15, 0.2) is 0 Å². The van der Waals surface area contributed by atoms with Crippen molar-refractivity contribution < 1.29 is 9.53 Å². The zero-order valence-electron chi connectivity index (χ0n) is 12.4. The van der Waals surface area contributed by atoms with Crippen molar-refractivity contribution in [3.8, 4) is 11.8 Å². The summed E-state index contributed by atoms with van der Waals surface area (Å²) in [5, 5.41) is 11.8. The molecule has 0 saturated heterocycles. The number of anilines is 1. The molecule has 1 aromatic rings. The minimum atomic E-state index is -0.653. The number of carbonyl (C=O) groups excluding carboxylic acids is 1. The Bertz CT molecular complexity index is 576. The molecule has 0 bridgehead atoms. The lowest BCUT2D eigenvalue weighted by Gasteiger charge is -2.20. The average molecular weight is 339 g/mol. The summed E-state index contributed by atoms with van der Waals surface area (Å²) in [6.07, 6.45) is 0.482. The minimum absolute atomic E-state index is 0.299. The van der Waals surface area contributed by atoms with Crippen molar-refractivity contribution in [3.05, 3.63) is 21.2 Å². The van der Waals surface area contributed by atoms with Crippen molar-refractivity contribution in [2.45, 2.75) is 34.1 Å². The van der Waals surface area contributed by atoms with E-state index < -0.39 is 5.92 Å². The molecule has 0 heterocycles. The number of halogens is 1. The monoisotopic (exact) mass is 338 g/mol. The molecule has 20 heavy (non-hydrogen) atoms. The van der Waals surface area contributed by atoms with Crippen LogP contribution in [0.25, 0.3) is 0 Å². The largest absolute Gasteiger partial charge is 0.494 e. The normalized spacial score (nSPS) is 11.7. The van der Waals surface area contributed by atoms with Gasteiger partial charge in [0.2, 0.25) is 5.91 Å². The quantitative estimate of drug-likeness (QED) is 0.906. The zero-order valence-corrected chi connectivity index (χ0v) is 14.0. The molecule has 0 aromatic heterocycles. The Hall–Kier alpha value is -1.54. The van der Waals surface area contributed by atoms with Crippen LogP contribution in [0.5, 0.6) is 5.75 Å². The second kappa shape index (κ2) is 6.76. The van der Waals surface area contributed by atoms with E-state index in [4.69, 9.17) is 10.00 Å². The molecule has 0 saturated carbocycles. The first-order valence-electron chi connectivity index (χ1n) is 6.42. The Morgan fingerprint density at radius 3 is 2.40 bits per heavy atom. The highest BCUT2D eigenvalue weighted by molar-refractivity contribution is 9.10. The fraction of sp³-hybridized carbons (Fsp3) is 0.467. The number of hydrogen-bond acceptors (Lipinski definition) is 3. The van der Waals surface area contributed by atoms with Crippen molar-refractivity contribution in [2.24, 2.45) is 5.92 Å². The third-order valence-electron chi connectivity index (χ3n) is 3.50. The Labute approximate surface area is 128 Å². The highest BCUT2D eigenvalue weighted by Crippen LogP contribution is 2.40. The maximum absolute atomic E-state index is 12.1. The number of nitrogens with zero attached hydrogens (tertiary/aromatic N) is 1. The van der Waals surface area contributed by atoms with Gasteiger partial charge in [-0.15, -0.1) is 0 Å². The van der Waals surface area contributed by atoms with Gasteiger partial charge in [0.25, 0.3) is 0 Å². The Balaban J connectivity index is 3.32. The van der Waals surface area contributed by atoms with Crippen molar-refractivity contribution in [1.29, 1.82) is 5.26 Å². The molecule has 1 atom stereocenters. The van der Waals surface area contributed by atoms with Gasteiger partial charge in [0, 0.05) is 4.47 Å². The fourth-order valence-electron chi connectivity index (χ4n) is 2.04. The van der Waals surface area contributed by atoms with E-state index >= 15 is 0 Å². The third-order valence-corrected chi connectivity index (χ3v) is 4.69. The number of carbonyl (C=O) groups is 1. The molecule has 0 fully saturated rings. The number of hydrogen-bond donors (Lipinski definition) is 1. The molecule has 1 rings (SSSR count). The molecule has 0 aliphatic carbocycles. The molecule has 0 radical (unpaired) electrons. The summed E-state index contributed by atoms with van der Waals surface area (Å²) in [6.45, 7) is 7.65.